The average Bonchev–Trinajstić information content (AvgIpc) is 2.39. The molecule has 2 rings (SSSR count). The van der Waals surface area contributed by atoms with Gasteiger partial charge in [-0.3, -0.25) is 4.98 Å². The van der Waals surface area contributed by atoms with Crippen molar-refractivity contribution in [3.05, 3.63) is 59.7 Å². The third-order valence-electron chi connectivity index (χ3n) is 2.80. The van der Waals surface area contributed by atoms with Gasteiger partial charge in [-0.25, -0.2) is 4.39 Å². The molecule has 1 aromatic carbocycles. The van der Waals surface area contributed by atoms with E-state index in [4.69, 9.17) is 18.0 Å². The standard InChI is InChI=1S/C14H14FN3S/c1-18(9-10-3-2-6-17-8-10)11-4-5-12(14(16)19)13(15)7-11/h2-8H,9H2,1H3,(H2,16,19). The smallest absolute Gasteiger partial charge is 0.135 e. The number of benzene rings is 1. The second-order valence-electron chi connectivity index (χ2n) is 4.25. The van der Waals surface area contributed by atoms with Gasteiger partial charge in [0, 0.05) is 37.2 Å². The van der Waals surface area contributed by atoms with E-state index >= 15 is 0 Å². The third-order valence-corrected chi connectivity index (χ3v) is 3.02. The van der Waals surface area contributed by atoms with Crippen LogP contribution in [-0.4, -0.2) is 17.0 Å². The van der Waals surface area contributed by atoms with Crippen LogP contribution in [0.1, 0.15) is 11.1 Å². The van der Waals surface area contributed by atoms with Gasteiger partial charge in [-0.1, -0.05) is 18.3 Å². The van der Waals surface area contributed by atoms with E-state index < -0.39 is 5.82 Å². The molecule has 0 bridgehead atoms. The molecule has 2 aromatic rings. The summed E-state index contributed by atoms with van der Waals surface area (Å²) in [6, 6.07) is 8.69. The maximum absolute atomic E-state index is 13.8. The molecule has 0 aliphatic heterocycles. The van der Waals surface area contributed by atoms with Gasteiger partial charge < -0.3 is 10.6 Å². The summed E-state index contributed by atoms with van der Waals surface area (Å²) in [7, 11) is 1.89. The highest BCUT2D eigenvalue weighted by Gasteiger charge is 2.08. The summed E-state index contributed by atoms with van der Waals surface area (Å²) in [5.41, 5.74) is 7.53. The van der Waals surface area contributed by atoms with Crippen LogP contribution in [0, 0.1) is 5.82 Å². The summed E-state index contributed by atoms with van der Waals surface area (Å²) in [6.45, 7) is 0.652. The summed E-state index contributed by atoms with van der Waals surface area (Å²) in [5.74, 6) is -0.400. The van der Waals surface area contributed by atoms with E-state index in [2.05, 4.69) is 4.98 Å². The number of pyridine rings is 1. The summed E-state index contributed by atoms with van der Waals surface area (Å²) in [5, 5.41) is 0. The van der Waals surface area contributed by atoms with Crippen LogP contribution in [0.2, 0.25) is 0 Å². The number of nitrogens with zero attached hydrogens (tertiary/aromatic N) is 2. The molecular weight excluding hydrogens is 261 g/mol. The maximum atomic E-state index is 13.8. The first kappa shape index (κ1) is 13.4. The lowest BCUT2D eigenvalue weighted by Gasteiger charge is -2.19. The molecule has 5 heteroatoms. The largest absolute Gasteiger partial charge is 0.389 e. The highest BCUT2D eigenvalue weighted by molar-refractivity contribution is 7.80. The molecule has 0 spiro atoms. The second kappa shape index (κ2) is 5.75. The Labute approximate surface area is 116 Å². The van der Waals surface area contributed by atoms with Gasteiger partial charge in [-0.05, 0) is 29.8 Å². The van der Waals surface area contributed by atoms with Gasteiger partial charge >= 0.3 is 0 Å². The fourth-order valence-electron chi connectivity index (χ4n) is 1.80. The van der Waals surface area contributed by atoms with Crippen molar-refractivity contribution in [1.29, 1.82) is 0 Å². The number of halogens is 1. The fraction of sp³-hybridized carbons (Fsp3) is 0.143. The number of rotatable bonds is 4. The van der Waals surface area contributed by atoms with E-state index in [-0.39, 0.29) is 10.6 Å². The number of nitrogens with two attached hydrogens (primary N) is 1. The number of hydrogen-bond acceptors (Lipinski definition) is 3. The van der Waals surface area contributed by atoms with Gasteiger partial charge in [0.25, 0.3) is 0 Å². The Morgan fingerprint density at radius 3 is 2.79 bits per heavy atom. The SMILES string of the molecule is CN(Cc1cccnc1)c1ccc(C(N)=S)c(F)c1. The van der Waals surface area contributed by atoms with Crippen molar-refractivity contribution >= 4 is 22.9 Å². The van der Waals surface area contributed by atoms with Crippen LogP contribution in [-0.2, 0) is 6.54 Å². The Hall–Kier alpha value is -2.01. The Balaban J connectivity index is 2.18. The second-order valence-corrected chi connectivity index (χ2v) is 4.69. The normalized spacial score (nSPS) is 10.2. The van der Waals surface area contributed by atoms with E-state index in [9.17, 15) is 4.39 Å². The number of anilines is 1. The van der Waals surface area contributed by atoms with Crippen LogP contribution in [0.4, 0.5) is 10.1 Å². The lowest BCUT2D eigenvalue weighted by Crippen LogP contribution is -2.18. The molecular formula is C14H14FN3S. The van der Waals surface area contributed by atoms with Crippen molar-refractivity contribution < 1.29 is 4.39 Å². The monoisotopic (exact) mass is 275 g/mol. The van der Waals surface area contributed by atoms with Crippen molar-refractivity contribution in [2.75, 3.05) is 11.9 Å². The molecule has 0 aliphatic rings. The maximum Gasteiger partial charge on any atom is 0.135 e. The van der Waals surface area contributed by atoms with E-state index in [0.717, 1.165) is 11.3 Å². The van der Waals surface area contributed by atoms with Gasteiger partial charge in [0.05, 0.1) is 0 Å². The Bertz CT molecular complexity index is 586. The molecule has 0 fully saturated rings. The minimum atomic E-state index is -0.400. The molecule has 2 N–H and O–H groups in total. The Morgan fingerprint density at radius 2 is 2.21 bits per heavy atom. The molecule has 98 valence electrons. The quantitative estimate of drug-likeness (QED) is 0.871. The van der Waals surface area contributed by atoms with Gasteiger partial charge in [0.15, 0.2) is 0 Å². The van der Waals surface area contributed by atoms with E-state index in [0.29, 0.717) is 6.54 Å². The highest BCUT2D eigenvalue weighted by atomic mass is 32.1. The molecule has 0 radical (unpaired) electrons. The molecule has 0 atom stereocenters. The first-order chi connectivity index (χ1) is 9.08. The first-order valence-corrected chi connectivity index (χ1v) is 6.18. The summed E-state index contributed by atoms with van der Waals surface area (Å²) < 4.78 is 13.8. The molecule has 1 aromatic heterocycles. The minimum absolute atomic E-state index is 0.0685. The fourth-order valence-corrected chi connectivity index (χ4v) is 1.96. The van der Waals surface area contributed by atoms with Crippen molar-refractivity contribution in [2.45, 2.75) is 6.54 Å². The Morgan fingerprint density at radius 1 is 1.42 bits per heavy atom. The lowest BCUT2D eigenvalue weighted by molar-refractivity contribution is 0.625. The van der Waals surface area contributed by atoms with Crippen LogP contribution < -0.4 is 10.6 Å². The van der Waals surface area contributed by atoms with Crippen molar-refractivity contribution in [3.8, 4) is 0 Å². The number of aromatic nitrogens is 1. The predicted octanol–water partition coefficient (Wildman–Crippen LogP) is 2.49. The van der Waals surface area contributed by atoms with Gasteiger partial charge in [0.1, 0.15) is 10.8 Å². The molecule has 0 saturated carbocycles. The van der Waals surface area contributed by atoms with Crippen molar-refractivity contribution in [1.82, 2.24) is 4.98 Å². The van der Waals surface area contributed by atoms with Crippen molar-refractivity contribution in [3.63, 3.8) is 0 Å². The summed E-state index contributed by atoms with van der Waals surface area (Å²) >= 11 is 4.78. The Kier molecular flexibility index (Phi) is 4.06. The van der Waals surface area contributed by atoms with E-state index in [1.165, 1.54) is 6.07 Å². The van der Waals surface area contributed by atoms with Gasteiger partial charge in [-0.2, -0.15) is 0 Å². The van der Waals surface area contributed by atoms with Crippen LogP contribution in [0.5, 0.6) is 0 Å². The highest BCUT2D eigenvalue weighted by Crippen LogP contribution is 2.19. The average molecular weight is 275 g/mol. The predicted molar refractivity (Wildman–Crippen MR) is 78.6 cm³/mol. The van der Waals surface area contributed by atoms with Crippen LogP contribution >= 0.6 is 12.2 Å². The van der Waals surface area contributed by atoms with Gasteiger partial charge in [0.2, 0.25) is 0 Å². The van der Waals surface area contributed by atoms with E-state index in [1.807, 2.05) is 24.1 Å². The molecule has 19 heavy (non-hydrogen) atoms. The topological polar surface area (TPSA) is 42.2 Å². The molecule has 0 saturated heterocycles. The van der Waals surface area contributed by atoms with Crippen LogP contribution in [0.25, 0.3) is 0 Å². The molecule has 3 nitrogen and oxygen atoms in total. The van der Waals surface area contributed by atoms with Crippen LogP contribution in [0.15, 0.2) is 42.7 Å². The number of thiocarbonyl (C=S) groups is 1. The van der Waals surface area contributed by atoms with E-state index in [1.54, 1.807) is 24.5 Å². The summed E-state index contributed by atoms with van der Waals surface area (Å²) in [4.78, 5) is 6.05. The summed E-state index contributed by atoms with van der Waals surface area (Å²) in [6.07, 6.45) is 3.51. The zero-order valence-electron chi connectivity index (χ0n) is 10.5. The first-order valence-electron chi connectivity index (χ1n) is 5.77. The molecule has 0 amide bonds. The zero-order valence-corrected chi connectivity index (χ0v) is 11.3. The van der Waals surface area contributed by atoms with Gasteiger partial charge in [-0.15, -0.1) is 0 Å². The third kappa shape index (κ3) is 3.26. The molecule has 0 unspecified atom stereocenters. The zero-order chi connectivity index (χ0) is 13.8. The van der Waals surface area contributed by atoms with Crippen LogP contribution in [0.3, 0.4) is 0 Å². The molecule has 0 aliphatic carbocycles. The minimum Gasteiger partial charge on any atom is -0.389 e. The van der Waals surface area contributed by atoms with Crippen molar-refractivity contribution in [2.24, 2.45) is 5.73 Å². The molecule has 1 heterocycles. The number of hydrogen-bond donors (Lipinski definition) is 1. The lowest BCUT2D eigenvalue weighted by atomic mass is 10.1.